The molecule has 2 aromatic rings. The van der Waals surface area contributed by atoms with Crippen molar-refractivity contribution in [2.75, 3.05) is 12.3 Å². The molecule has 0 bridgehead atoms. The Morgan fingerprint density at radius 2 is 1.96 bits per heavy atom. The van der Waals surface area contributed by atoms with Gasteiger partial charge in [0.1, 0.15) is 12.7 Å². The number of carbonyl (C=O) groups excluding carboxylic acids is 1. The third-order valence-electron chi connectivity index (χ3n) is 3.96. The van der Waals surface area contributed by atoms with Crippen LogP contribution in [0.4, 0.5) is 20.6 Å². The van der Waals surface area contributed by atoms with Crippen molar-refractivity contribution >= 4 is 17.5 Å². The van der Waals surface area contributed by atoms with E-state index in [2.05, 4.69) is 5.32 Å². The highest BCUT2D eigenvalue weighted by Gasteiger charge is 2.25. The number of aliphatic hydroxyl groups excluding tert-OH is 2. The topological polar surface area (TPSA) is 148 Å². The lowest BCUT2D eigenvalue weighted by Crippen LogP contribution is -2.30. The van der Waals surface area contributed by atoms with Crippen molar-refractivity contribution in [3.05, 3.63) is 69.5 Å². The van der Waals surface area contributed by atoms with E-state index in [4.69, 9.17) is 10.5 Å². The van der Waals surface area contributed by atoms with Crippen LogP contribution in [0, 0.1) is 15.9 Å². The first-order chi connectivity index (χ1) is 13.3. The number of nitrogen functional groups attached to an aromatic ring is 1. The molecule has 0 saturated carbocycles. The fourth-order valence-corrected chi connectivity index (χ4v) is 2.44. The molecule has 2 atom stereocenters. The summed E-state index contributed by atoms with van der Waals surface area (Å²) in [5.41, 5.74) is 4.91. The summed E-state index contributed by atoms with van der Waals surface area (Å²) in [4.78, 5) is 21.6. The highest BCUT2D eigenvalue weighted by Crippen LogP contribution is 2.30. The Labute approximate surface area is 159 Å². The van der Waals surface area contributed by atoms with Gasteiger partial charge in [-0.25, -0.2) is 9.18 Å². The molecule has 2 unspecified atom stereocenters. The Morgan fingerprint density at radius 3 is 2.61 bits per heavy atom. The third kappa shape index (κ3) is 5.63. The Balaban J connectivity index is 1.86. The smallest absolute Gasteiger partial charge is 0.407 e. The number of nitrogens with zero attached hydrogens (tertiary/aromatic N) is 1. The Hall–Kier alpha value is -3.24. The van der Waals surface area contributed by atoms with E-state index >= 15 is 0 Å². The van der Waals surface area contributed by atoms with Crippen LogP contribution in [0.3, 0.4) is 0 Å². The van der Waals surface area contributed by atoms with Gasteiger partial charge in [-0.05, 0) is 12.0 Å². The van der Waals surface area contributed by atoms with E-state index in [0.29, 0.717) is 6.07 Å². The lowest BCUT2D eigenvalue weighted by Gasteiger charge is -2.20. The van der Waals surface area contributed by atoms with Gasteiger partial charge >= 0.3 is 6.09 Å². The number of non-ortho nitro benzene ring substituents is 1. The van der Waals surface area contributed by atoms with E-state index in [1.54, 1.807) is 24.3 Å². The molecule has 0 spiro atoms. The van der Waals surface area contributed by atoms with E-state index in [9.17, 15) is 29.5 Å². The van der Waals surface area contributed by atoms with E-state index in [1.807, 2.05) is 6.07 Å². The average molecular weight is 393 g/mol. The summed E-state index contributed by atoms with van der Waals surface area (Å²) < 4.78 is 18.7. The van der Waals surface area contributed by atoms with Crippen LogP contribution in [0.15, 0.2) is 42.5 Å². The number of halogens is 1. The van der Waals surface area contributed by atoms with Crippen molar-refractivity contribution in [2.45, 2.75) is 25.2 Å². The first kappa shape index (κ1) is 21.1. The minimum atomic E-state index is -1.67. The maximum absolute atomic E-state index is 13.7. The molecule has 1 amide bonds. The summed E-state index contributed by atoms with van der Waals surface area (Å²) >= 11 is 0. The SMILES string of the molecule is Nc1c(F)cc([N+](=O)[O-])cc1C(O)C(O)CCNC(=O)OCc1ccccc1. The number of nitro benzene ring substituents is 1. The zero-order chi connectivity index (χ0) is 20.7. The molecule has 0 saturated heterocycles. The van der Waals surface area contributed by atoms with Crippen molar-refractivity contribution < 1.29 is 29.1 Å². The largest absolute Gasteiger partial charge is 0.445 e. The number of rotatable bonds is 8. The molecule has 0 fully saturated rings. The Morgan fingerprint density at radius 1 is 1.29 bits per heavy atom. The molecule has 9 nitrogen and oxygen atoms in total. The maximum Gasteiger partial charge on any atom is 0.407 e. The minimum absolute atomic E-state index is 0.0524. The molecule has 0 aliphatic heterocycles. The summed E-state index contributed by atoms with van der Waals surface area (Å²) in [6, 6.07) is 10.5. The highest BCUT2D eigenvalue weighted by atomic mass is 19.1. The number of anilines is 1. The quantitative estimate of drug-likeness (QED) is 0.305. The van der Waals surface area contributed by atoms with Gasteiger partial charge in [0, 0.05) is 18.2 Å². The predicted molar refractivity (Wildman–Crippen MR) is 97.7 cm³/mol. The van der Waals surface area contributed by atoms with Crippen molar-refractivity contribution in [2.24, 2.45) is 0 Å². The predicted octanol–water partition coefficient (Wildman–Crippen LogP) is 2.03. The van der Waals surface area contributed by atoms with Gasteiger partial charge in [0.05, 0.1) is 22.8 Å². The summed E-state index contributed by atoms with van der Waals surface area (Å²) in [5, 5.41) is 33.4. The second-order valence-electron chi connectivity index (χ2n) is 5.98. The first-order valence-electron chi connectivity index (χ1n) is 8.33. The summed E-state index contributed by atoms with van der Waals surface area (Å²) in [6.07, 6.45) is -3.95. The van der Waals surface area contributed by atoms with Gasteiger partial charge in [-0.1, -0.05) is 30.3 Å². The number of nitro groups is 1. The van der Waals surface area contributed by atoms with Crippen LogP contribution < -0.4 is 11.1 Å². The number of hydrogen-bond acceptors (Lipinski definition) is 7. The fraction of sp³-hybridized carbons (Fsp3) is 0.278. The van der Waals surface area contributed by atoms with E-state index in [1.165, 1.54) is 0 Å². The second kappa shape index (κ2) is 9.62. The molecular weight excluding hydrogens is 373 g/mol. The monoisotopic (exact) mass is 393 g/mol. The molecule has 2 rings (SSSR count). The molecule has 150 valence electrons. The van der Waals surface area contributed by atoms with Gasteiger partial charge in [0.25, 0.3) is 5.69 Å². The van der Waals surface area contributed by atoms with Crippen LogP contribution >= 0.6 is 0 Å². The molecule has 28 heavy (non-hydrogen) atoms. The van der Waals surface area contributed by atoms with Crippen LogP contribution in [-0.2, 0) is 11.3 Å². The minimum Gasteiger partial charge on any atom is -0.445 e. The molecule has 0 heterocycles. The molecule has 10 heteroatoms. The fourth-order valence-electron chi connectivity index (χ4n) is 2.44. The molecule has 0 aliphatic carbocycles. The highest BCUT2D eigenvalue weighted by molar-refractivity contribution is 5.67. The normalized spacial score (nSPS) is 12.8. The number of nitrogens with one attached hydrogen (secondary N) is 1. The molecule has 0 aromatic heterocycles. The summed E-state index contributed by atoms with van der Waals surface area (Å²) in [7, 11) is 0. The molecule has 0 aliphatic rings. The van der Waals surface area contributed by atoms with Gasteiger partial charge in [-0.3, -0.25) is 10.1 Å². The zero-order valence-corrected chi connectivity index (χ0v) is 14.7. The number of benzene rings is 2. The first-order valence-corrected chi connectivity index (χ1v) is 8.33. The lowest BCUT2D eigenvalue weighted by molar-refractivity contribution is -0.385. The standard InChI is InChI=1S/C18H20FN3O6/c19-14-9-12(22(26)27)8-13(16(14)20)17(24)15(23)6-7-21-18(25)28-10-11-4-2-1-3-5-11/h1-5,8-9,15,17,23-24H,6-7,10,20H2,(H,21,25). The number of amides is 1. The van der Waals surface area contributed by atoms with Crippen LogP contribution in [-0.4, -0.2) is 33.9 Å². The Kier molecular flexibility index (Phi) is 7.24. The number of nitrogens with two attached hydrogens (primary N) is 1. The average Bonchev–Trinajstić information content (AvgIpc) is 2.68. The molecular formula is C18H20FN3O6. The second-order valence-corrected chi connectivity index (χ2v) is 5.98. The van der Waals surface area contributed by atoms with Crippen molar-refractivity contribution in [3.63, 3.8) is 0 Å². The molecule has 2 aromatic carbocycles. The van der Waals surface area contributed by atoms with Crippen molar-refractivity contribution in [3.8, 4) is 0 Å². The van der Waals surface area contributed by atoms with E-state index in [-0.39, 0.29) is 25.1 Å². The Bertz CT molecular complexity index is 834. The van der Waals surface area contributed by atoms with Crippen LogP contribution in [0.2, 0.25) is 0 Å². The van der Waals surface area contributed by atoms with Crippen molar-refractivity contribution in [1.29, 1.82) is 0 Å². The number of aliphatic hydroxyl groups is 2. The summed E-state index contributed by atoms with van der Waals surface area (Å²) in [5.74, 6) is -1.07. The van der Waals surface area contributed by atoms with Gasteiger partial charge in [0.2, 0.25) is 0 Å². The van der Waals surface area contributed by atoms with Gasteiger partial charge in [-0.15, -0.1) is 0 Å². The molecule has 0 radical (unpaired) electrons. The van der Waals surface area contributed by atoms with E-state index in [0.717, 1.165) is 11.6 Å². The number of carbonyl (C=O) groups is 1. The summed E-state index contributed by atoms with van der Waals surface area (Å²) in [6.45, 7) is 0.0184. The zero-order valence-electron chi connectivity index (χ0n) is 14.7. The number of alkyl carbamates (subject to hydrolysis) is 1. The van der Waals surface area contributed by atoms with Crippen LogP contribution in [0.25, 0.3) is 0 Å². The van der Waals surface area contributed by atoms with Gasteiger partial charge < -0.3 is 26.0 Å². The number of ether oxygens (including phenoxy) is 1. The lowest BCUT2D eigenvalue weighted by atomic mass is 9.99. The number of hydrogen-bond donors (Lipinski definition) is 4. The van der Waals surface area contributed by atoms with Gasteiger partial charge in [-0.2, -0.15) is 0 Å². The van der Waals surface area contributed by atoms with Gasteiger partial charge in [0.15, 0.2) is 5.82 Å². The molecule has 5 N–H and O–H groups in total. The van der Waals surface area contributed by atoms with E-state index < -0.39 is 40.4 Å². The third-order valence-corrected chi connectivity index (χ3v) is 3.96. The van der Waals surface area contributed by atoms with Crippen LogP contribution in [0.1, 0.15) is 23.7 Å². The van der Waals surface area contributed by atoms with Crippen molar-refractivity contribution in [1.82, 2.24) is 5.32 Å². The van der Waals surface area contributed by atoms with Crippen LogP contribution in [0.5, 0.6) is 0 Å². The maximum atomic E-state index is 13.7.